The lowest BCUT2D eigenvalue weighted by Crippen LogP contribution is -2.36. The molecule has 0 saturated carbocycles. The largest absolute Gasteiger partial charge is 0.487 e. The van der Waals surface area contributed by atoms with Crippen LogP contribution < -0.4 is 15.2 Å². The molecule has 178 valence electrons. The number of rotatable bonds is 8. The molecule has 1 aliphatic heterocycles. The Bertz CT molecular complexity index is 1220. The van der Waals surface area contributed by atoms with Gasteiger partial charge in [-0.05, 0) is 42.3 Å². The van der Waals surface area contributed by atoms with Crippen LogP contribution in [0.4, 0.5) is 5.69 Å². The van der Waals surface area contributed by atoms with Gasteiger partial charge in [-0.15, -0.1) is 0 Å². The maximum Gasteiger partial charge on any atom is 0.335 e. The van der Waals surface area contributed by atoms with E-state index < -0.39 is 5.97 Å². The highest BCUT2D eigenvalue weighted by Crippen LogP contribution is 2.25. The maximum absolute atomic E-state index is 12.8. The number of aromatic carboxylic acids is 1. The number of ether oxygens (including phenoxy) is 2. The van der Waals surface area contributed by atoms with Crippen molar-refractivity contribution in [2.75, 3.05) is 31.2 Å². The zero-order valence-corrected chi connectivity index (χ0v) is 19.9. The van der Waals surface area contributed by atoms with E-state index in [-0.39, 0.29) is 22.8 Å². The number of halogens is 2. The van der Waals surface area contributed by atoms with Crippen LogP contribution in [0.15, 0.2) is 59.4 Å². The van der Waals surface area contributed by atoms with Crippen molar-refractivity contribution in [3.8, 4) is 5.75 Å². The number of aromatic nitrogens is 1. The first-order valence-electron chi connectivity index (χ1n) is 10.9. The molecule has 2 heterocycles. The minimum absolute atomic E-state index is 0.0317. The second kappa shape index (κ2) is 11.0. The van der Waals surface area contributed by atoms with Gasteiger partial charge in [0.2, 0.25) is 0 Å². The van der Waals surface area contributed by atoms with Gasteiger partial charge in [0.05, 0.1) is 29.5 Å². The molecule has 1 aromatic heterocycles. The van der Waals surface area contributed by atoms with E-state index in [1.165, 1.54) is 22.8 Å². The predicted molar refractivity (Wildman–Crippen MR) is 132 cm³/mol. The standard InChI is InChI=1S/C25H24Cl2N2O5/c26-21-15-22(27)24(30)29(9-8-17-4-6-18(7-5-17)25(31)32)23(21)16-34-20-3-1-2-19(14-20)28-10-12-33-13-11-28/h1-7,14-15H,8-13,16H2,(H,31,32). The zero-order chi connectivity index (χ0) is 24.1. The lowest BCUT2D eigenvalue weighted by Gasteiger charge is -2.29. The lowest BCUT2D eigenvalue weighted by molar-refractivity contribution is 0.0697. The van der Waals surface area contributed by atoms with Crippen molar-refractivity contribution >= 4 is 34.9 Å². The number of pyridine rings is 1. The Morgan fingerprint density at radius 2 is 1.76 bits per heavy atom. The van der Waals surface area contributed by atoms with Crippen LogP contribution in [-0.4, -0.2) is 41.9 Å². The molecule has 2 aromatic carbocycles. The van der Waals surface area contributed by atoms with Gasteiger partial charge in [-0.1, -0.05) is 41.4 Å². The first-order valence-corrected chi connectivity index (χ1v) is 11.6. The van der Waals surface area contributed by atoms with E-state index in [1.807, 2.05) is 24.3 Å². The summed E-state index contributed by atoms with van der Waals surface area (Å²) >= 11 is 12.6. The summed E-state index contributed by atoms with van der Waals surface area (Å²) in [5.41, 5.74) is 2.31. The van der Waals surface area contributed by atoms with E-state index in [4.69, 9.17) is 37.8 Å². The normalized spacial score (nSPS) is 13.6. The van der Waals surface area contributed by atoms with Gasteiger partial charge < -0.3 is 24.0 Å². The molecular formula is C25H24Cl2N2O5. The molecule has 3 aromatic rings. The molecule has 9 heteroatoms. The Morgan fingerprint density at radius 3 is 2.47 bits per heavy atom. The molecule has 7 nitrogen and oxygen atoms in total. The van der Waals surface area contributed by atoms with Gasteiger partial charge >= 0.3 is 5.97 Å². The van der Waals surface area contributed by atoms with Crippen molar-refractivity contribution in [1.29, 1.82) is 0 Å². The fraction of sp³-hybridized carbons (Fsp3) is 0.280. The van der Waals surface area contributed by atoms with E-state index >= 15 is 0 Å². The summed E-state index contributed by atoms with van der Waals surface area (Å²) in [6, 6.07) is 15.8. The Balaban J connectivity index is 1.51. The van der Waals surface area contributed by atoms with Crippen LogP contribution in [0.3, 0.4) is 0 Å². The molecule has 0 amide bonds. The first-order chi connectivity index (χ1) is 16.4. The Labute approximate surface area is 207 Å². The van der Waals surface area contributed by atoms with E-state index in [0.29, 0.717) is 42.6 Å². The van der Waals surface area contributed by atoms with Gasteiger partial charge in [-0.3, -0.25) is 4.79 Å². The molecule has 0 unspecified atom stereocenters. The number of anilines is 1. The van der Waals surface area contributed by atoms with Crippen LogP contribution in [0.2, 0.25) is 10.0 Å². The Morgan fingerprint density at radius 1 is 1.03 bits per heavy atom. The highest BCUT2D eigenvalue weighted by molar-refractivity contribution is 6.34. The molecule has 4 rings (SSSR count). The number of benzene rings is 2. The quantitative estimate of drug-likeness (QED) is 0.487. The predicted octanol–water partition coefficient (Wildman–Crippen LogP) is 4.51. The summed E-state index contributed by atoms with van der Waals surface area (Å²) in [7, 11) is 0. The van der Waals surface area contributed by atoms with Crippen LogP contribution >= 0.6 is 23.2 Å². The molecule has 34 heavy (non-hydrogen) atoms. The number of carboxylic acids is 1. The highest BCUT2D eigenvalue weighted by Gasteiger charge is 2.15. The van der Waals surface area contributed by atoms with Gasteiger partial charge in [0, 0.05) is 31.4 Å². The van der Waals surface area contributed by atoms with Gasteiger partial charge in [0.25, 0.3) is 5.56 Å². The summed E-state index contributed by atoms with van der Waals surface area (Å²) in [4.78, 5) is 26.1. The molecule has 1 saturated heterocycles. The average molecular weight is 503 g/mol. The molecule has 1 N–H and O–H groups in total. The topological polar surface area (TPSA) is 81.0 Å². The van der Waals surface area contributed by atoms with Gasteiger partial charge in [-0.25, -0.2) is 4.79 Å². The van der Waals surface area contributed by atoms with Crippen molar-refractivity contribution in [3.05, 3.63) is 91.8 Å². The van der Waals surface area contributed by atoms with Crippen molar-refractivity contribution < 1.29 is 19.4 Å². The molecule has 0 radical (unpaired) electrons. The molecule has 0 spiro atoms. The number of hydrogen-bond acceptors (Lipinski definition) is 5. The van der Waals surface area contributed by atoms with E-state index in [2.05, 4.69) is 4.90 Å². The second-order valence-electron chi connectivity index (χ2n) is 7.88. The minimum atomic E-state index is -0.985. The highest BCUT2D eigenvalue weighted by atomic mass is 35.5. The molecule has 0 bridgehead atoms. The van der Waals surface area contributed by atoms with E-state index in [1.54, 1.807) is 12.1 Å². The molecule has 1 aliphatic rings. The monoisotopic (exact) mass is 502 g/mol. The van der Waals surface area contributed by atoms with Crippen LogP contribution in [-0.2, 0) is 24.3 Å². The summed E-state index contributed by atoms with van der Waals surface area (Å²) in [5, 5.41) is 9.44. The molecule has 0 atom stereocenters. The third kappa shape index (κ3) is 5.73. The van der Waals surface area contributed by atoms with Crippen LogP contribution in [0.25, 0.3) is 0 Å². The van der Waals surface area contributed by atoms with Crippen LogP contribution in [0.5, 0.6) is 5.75 Å². The third-order valence-electron chi connectivity index (χ3n) is 5.70. The minimum Gasteiger partial charge on any atom is -0.487 e. The summed E-state index contributed by atoms with van der Waals surface area (Å²) in [6.07, 6.45) is 0.496. The summed E-state index contributed by atoms with van der Waals surface area (Å²) in [6.45, 7) is 3.43. The average Bonchev–Trinajstić information content (AvgIpc) is 2.85. The summed E-state index contributed by atoms with van der Waals surface area (Å²) < 4.78 is 13.0. The maximum atomic E-state index is 12.8. The summed E-state index contributed by atoms with van der Waals surface area (Å²) in [5.74, 6) is -0.320. The SMILES string of the molecule is O=C(O)c1ccc(CCn2c(COc3cccc(N4CCOCC4)c3)c(Cl)cc(Cl)c2=O)cc1. The first kappa shape index (κ1) is 24.1. The number of aryl methyl sites for hydroxylation is 1. The van der Waals surface area contributed by atoms with Crippen LogP contribution in [0, 0.1) is 0 Å². The van der Waals surface area contributed by atoms with Gasteiger partial charge in [0.15, 0.2) is 0 Å². The van der Waals surface area contributed by atoms with Crippen molar-refractivity contribution in [1.82, 2.24) is 4.57 Å². The number of carbonyl (C=O) groups is 1. The van der Waals surface area contributed by atoms with Crippen molar-refractivity contribution in [3.63, 3.8) is 0 Å². The van der Waals surface area contributed by atoms with E-state index in [9.17, 15) is 9.59 Å². The second-order valence-corrected chi connectivity index (χ2v) is 8.70. The Hall–Kier alpha value is -3.00. The molecule has 1 fully saturated rings. The van der Waals surface area contributed by atoms with Crippen LogP contribution in [0.1, 0.15) is 21.6 Å². The van der Waals surface area contributed by atoms with E-state index in [0.717, 1.165) is 24.3 Å². The molecule has 0 aliphatic carbocycles. The Kier molecular flexibility index (Phi) is 7.77. The zero-order valence-electron chi connectivity index (χ0n) is 18.4. The number of carboxylic acid groups (broad SMARTS) is 1. The molecular weight excluding hydrogens is 479 g/mol. The van der Waals surface area contributed by atoms with Crippen molar-refractivity contribution in [2.24, 2.45) is 0 Å². The van der Waals surface area contributed by atoms with Crippen molar-refractivity contribution in [2.45, 2.75) is 19.6 Å². The third-order valence-corrected chi connectivity index (χ3v) is 6.30. The number of hydrogen-bond donors (Lipinski definition) is 1. The fourth-order valence-electron chi connectivity index (χ4n) is 3.82. The van der Waals surface area contributed by atoms with Gasteiger partial charge in [-0.2, -0.15) is 0 Å². The lowest BCUT2D eigenvalue weighted by atomic mass is 10.1. The number of morpholine rings is 1. The fourth-order valence-corrected chi connectivity index (χ4v) is 4.35. The number of nitrogens with zero attached hydrogens (tertiary/aromatic N) is 2. The smallest absolute Gasteiger partial charge is 0.335 e. The van der Waals surface area contributed by atoms with Gasteiger partial charge in [0.1, 0.15) is 17.4 Å².